The highest BCUT2D eigenvalue weighted by Gasteiger charge is 2.34. The molecule has 1 aliphatic rings. The number of thioether (sulfide) groups is 1. The number of aliphatic hydroxyl groups is 1. The standard InChI is InChI=1S/C32H30BrNO6S/c1-5-38-25-16-22(15-24(33)29(25)40-18-21-11-7-19(3)8-12-21)17-26-28(35)27(32(37)39-6-2)31(41-26)34-30(36)23-13-9-20(4)10-14-23/h7-17,35H,5-6,18H2,1-4H3/b26-17-,34-31?. The summed E-state index contributed by atoms with van der Waals surface area (Å²) in [5.41, 5.74) is 4.09. The van der Waals surface area contributed by atoms with Gasteiger partial charge < -0.3 is 19.3 Å². The van der Waals surface area contributed by atoms with Gasteiger partial charge in [-0.1, -0.05) is 59.3 Å². The third-order valence-electron chi connectivity index (χ3n) is 6.01. The number of carbonyl (C=O) groups excluding carboxylic acids is 2. The van der Waals surface area contributed by atoms with Crippen LogP contribution in [0.25, 0.3) is 6.08 Å². The fourth-order valence-corrected chi connectivity index (χ4v) is 5.50. The zero-order valence-corrected chi connectivity index (χ0v) is 25.6. The van der Waals surface area contributed by atoms with Crippen LogP contribution in [0.3, 0.4) is 0 Å². The summed E-state index contributed by atoms with van der Waals surface area (Å²) >= 11 is 4.61. The van der Waals surface area contributed by atoms with E-state index in [0.29, 0.717) is 45.2 Å². The normalized spacial score (nSPS) is 15.0. The maximum atomic E-state index is 12.9. The molecule has 0 saturated carbocycles. The molecule has 0 atom stereocenters. The molecular weight excluding hydrogens is 606 g/mol. The highest BCUT2D eigenvalue weighted by atomic mass is 79.9. The number of carbonyl (C=O) groups is 2. The Kier molecular flexibility index (Phi) is 10.1. The lowest BCUT2D eigenvalue weighted by Crippen LogP contribution is -2.14. The lowest BCUT2D eigenvalue weighted by molar-refractivity contribution is -0.138. The summed E-state index contributed by atoms with van der Waals surface area (Å²) in [6, 6.07) is 18.6. The molecule has 7 nitrogen and oxygen atoms in total. The van der Waals surface area contributed by atoms with E-state index in [1.165, 1.54) is 5.56 Å². The molecule has 0 fully saturated rings. The van der Waals surface area contributed by atoms with Crippen LogP contribution in [0.2, 0.25) is 0 Å². The summed E-state index contributed by atoms with van der Waals surface area (Å²) < 4.78 is 17.8. The number of esters is 1. The number of halogens is 1. The van der Waals surface area contributed by atoms with Gasteiger partial charge in [0.15, 0.2) is 11.5 Å². The van der Waals surface area contributed by atoms with E-state index in [1.807, 2.05) is 63.2 Å². The first-order valence-corrected chi connectivity index (χ1v) is 14.7. The molecule has 0 aromatic heterocycles. The van der Waals surface area contributed by atoms with Gasteiger partial charge in [0.25, 0.3) is 5.91 Å². The minimum Gasteiger partial charge on any atom is -0.506 e. The number of ether oxygens (including phenoxy) is 3. The number of aryl methyl sites for hydroxylation is 2. The van der Waals surface area contributed by atoms with Gasteiger partial charge in [-0.05, 0) is 85.1 Å². The van der Waals surface area contributed by atoms with Crippen molar-refractivity contribution in [3.8, 4) is 11.5 Å². The summed E-state index contributed by atoms with van der Waals surface area (Å²) in [6.07, 6.45) is 1.69. The van der Waals surface area contributed by atoms with Crippen LogP contribution in [-0.2, 0) is 16.1 Å². The fraction of sp³-hybridized carbons (Fsp3) is 0.219. The Morgan fingerprint density at radius 1 is 0.951 bits per heavy atom. The third kappa shape index (κ3) is 7.48. The van der Waals surface area contributed by atoms with Crippen molar-refractivity contribution in [2.45, 2.75) is 34.3 Å². The Balaban J connectivity index is 1.67. The van der Waals surface area contributed by atoms with Crippen LogP contribution < -0.4 is 9.47 Å². The number of rotatable bonds is 9. The maximum Gasteiger partial charge on any atom is 0.344 e. The first kappa shape index (κ1) is 30.1. The van der Waals surface area contributed by atoms with Gasteiger partial charge in [0, 0.05) is 5.56 Å². The number of nitrogens with zero attached hydrogens (tertiary/aromatic N) is 1. The molecule has 3 aromatic rings. The predicted molar refractivity (Wildman–Crippen MR) is 166 cm³/mol. The molecule has 1 aliphatic heterocycles. The lowest BCUT2D eigenvalue weighted by Gasteiger charge is -2.15. The average Bonchev–Trinajstić information content (AvgIpc) is 3.23. The molecule has 41 heavy (non-hydrogen) atoms. The molecule has 0 aliphatic carbocycles. The summed E-state index contributed by atoms with van der Waals surface area (Å²) in [4.78, 5) is 30.1. The number of aliphatic imine (C=N–C) groups is 1. The van der Waals surface area contributed by atoms with E-state index in [9.17, 15) is 14.7 Å². The minimum atomic E-state index is -0.757. The molecule has 0 radical (unpaired) electrons. The van der Waals surface area contributed by atoms with Crippen molar-refractivity contribution in [3.05, 3.63) is 109 Å². The molecule has 0 saturated heterocycles. The van der Waals surface area contributed by atoms with Gasteiger partial charge in [-0.15, -0.1) is 0 Å². The Bertz CT molecular complexity index is 1540. The second kappa shape index (κ2) is 13.7. The van der Waals surface area contributed by atoms with Gasteiger partial charge in [-0.2, -0.15) is 0 Å². The van der Waals surface area contributed by atoms with Crippen molar-refractivity contribution in [3.63, 3.8) is 0 Å². The van der Waals surface area contributed by atoms with Crippen molar-refractivity contribution in [2.24, 2.45) is 4.99 Å². The Morgan fingerprint density at radius 2 is 1.61 bits per heavy atom. The lowest BCUT2D eigenvalue weighted by atomic mass is 10.1. The molecule has 9 heteroatoms. The summed E-state index contributed by atoms with van der Waals surface area (Å²) in [5, 5.41) is 11.1. The van der Waals surface area contributed by atoms with E-state index < -0.39 is 11.9 Å². The van der Waals surface area contributed by atoms with E-state index in [4.69, 9.17) is 14.2 Å². The molecule has 3 aromatic carbocycles. The van der Waals surface area contributed by atoms with E-state index in [0.717, 1.165) is 22.9 Å². The molecule has 0 spiro atoms. The fourth-order valence-electron chi connectivity index (χ4n) is 3.91. The Morgan fingerprint density at radius 3 is 2.24 bits per heavy atom. The second-order valence-electron chi connectivity index (χ2n) is 9.18. The van der Waals surface area contributed by atoms with Crippen molar-refractivity contribution in [1.29, 1.82) is 0 Å². The third-order valence-corrected chi connectivity index (χ3v) is 7.61. The number of amides is 1. The molecule has 0 unspecified atom stereocenters. The van der Waals surface area contributed by atoms with Crippen molar-refractivity contribution in [1.82, 2.24) is 0 Å². The second-order valence-corrected chi connectivity index (χ2v) is 11.1. The molecule has 1 N–H and O–H groups in total. The minimum absolute atomic E-state index is 0.0694. The van der Waals surface area contributed by atoms with Crippen LogP contribution in [0.1, 0.15) is 46.5 Å². The topological polar surface area (TPSA) is 94.4 Å². The molecular formula is C32H30BrNO6S. The number of hydrogen-bond acceptors (Lipinski definition) is 7. The van der Waals surface area contributed by atoms with Crippen LogP contribution in [0.5, 0.6) is 11.5 Å². The van der Waals surface area contributed by atoms with E-state index in [-0.39, 0.29) is 23.0 Å². The van der Waals surface area contributed by atoms with Gasteiger partial charge in [0.2, 0.25) is 0 Å². The van der Waals surface area contributed by atoms with Gasteiger partial charge >= 0.3 is 5.97 Å². The number of aliphatic hydroxyl groups excluding tert-OH is 1. The van der Waals surface area contributed by atoms with Crippen molar-refractivity contribution in [2.75, 3.05) is 13.2 Å². The highest BCUT2D eigenvalue weighted by molar-refractivity contribution is 9.10. The summed E-state index contributed by atoms with van der Waals surface area (Å²) in [6.45, 7) is 8.37. The molecule has 0 bridgehead atoms. The number of hydrogen-bond donors (Lipinski definition) is 1. The highest BCUT2D eigenvalue weighted by Crippen LogP contribution is 2.42. The molecule has 212 valence electrons. The van der Waals surface area contributed by atoms with E-state index in [1.54, 1.807) is 31.2 Å². The van der Waals surface area contributed by atoms with Gasteiger partial charge in [-0.3, -0.25) is 4.79 Å². The van der Waals surface area contributed by atoms with Gasteiger partial charge in [0.1, 0.15) is 23.0 Å². The predicted octanol–water partition coefficient (Wildman–Crippen LogP) is 7.75. The first-order valence-electron chi connectivity index (χ1n) is 13.0. The zero-order chi connectivity index (χ0) is 29.5. The average molecular weight is 637 g/mol. The van der Waals surface area contributed by atoms with Crippen molar-refractivity contribution < 1.29 is 28.9 Å². The van der Waals surface area contributed by atoms with E-state index in [2.05, 4.69) is 20.9 Å². The van der Waals surface area contributed by atoms with Crippen LogP contribution in [0.4, 0.5) is 0 Å². The molecule has 1 heterocycles. The van der Waals surface area contributed by atoms with Crippen LogP contribution in [-0.4, -0.2) is 35.2 Å². The van der Waals surface area contributed by atoms with Crippen LogP contribution in [0, 0.1) is 13.8 Å². The van der Waals surface area contributed by atoms with Gasteiger partial charge in [-0.25, -0.2) is 9.79 Å². The first-order chi connectivity index (χ1) is 19.7. The Hall–Kier alpha value is -3.82. The Labute approximate surface area is 252 Å². The van der Waals surface area contributed by atoms with Gasteiger partial charge in [0.05, 0.1) is 22.6 Å². The molecule has 1 amide bonds. The maximum absolute atomic E-state index is 12.9. The quantitative estimate of drug-likeness (QED) is 0.240. The van der Waals surface area contributed by atoms with Crippen LogP contribution in [0.15, 0.2) is 86.4 Å². The zero-order valence-electron chi connectivity index (χ0n) is 23.2. The SMILES string of the molecule is CCOC(=O)C1=C(O)/C(=C/c2cc(Br)c(OCc3ccc(C)cc3)c(OCC)c2)SC1=NC(=O)c1ccc(C)cc1. The molecule has 4 rings (SSSR count). The smallest absolute Gasteiger partial charge is 0.344 e. The summed E-state index contributed by atoms with van der Waals surface area (Å²) in [7, 11) is 0. The van der Waals surface area contributed by atoms with Crippen LogP contribution >= 0.6 is 27.7 Å². The largest absolute Gasteiger partial charge is 0.506 e. The number of benzene rings is 3. The monoisotopic (exact) mass is 635 g/mol. The summed E-state index contributed by atoms with van der Waals surface area (Å²) in [5.74, 6) is -0.530. The van der Waals surface area contributed by atoms with E-state index >= 15 is 0 Å². The van der Waals surface area contributed by atoms with Crippen molar-refractivity contribution >= 4 is 50.7 Å².